The minimum atomic E-state index is 1.03. The molecule has 0 bridgehead atoms. The number of allylic oxidation sites excluding steroid dienone is 5. The van der Waals surface area contributed by atoms with Gasteiger partial charge in [0.2, 0.25) is 0 Å². The van der Waals surface area contributed by atoms with Crippen molar-refractivity contribution >= 4 is 22.9 Å². The second-order valence-corrected chi connectivity index (χ2v) is 2.32. The van der Waals surface area contributed by atoms with Gasteiger partial charge in [-0.05, 0) is 12.5 Å². The highest BCUT2D eigenvalue weighted by molar-refractivity contribution is 14.1. The third kappa shape index (κ3) is 2.22. The monoisotopic (exact) mass is 233 g/mol. The molecule has 0 heterocycles. The number of rotatable bonds is 1. The Hall–Kier alpha value is -0.250. The zero-order valence-corrected chi connectivity index (χ0v) is 7.13. The molecule has 2 heteroatoms. The first-order chi connectivity index (χ1) is 4.43. The molecule has 48 valence electrons. The van der Waals surface area contributed by atoms with Crippen molar-refractivity contribution in [2.75, 3.05) is 0 Å². The zero-order chi connectivity index (χ0) is 6.53. The molecule has 1 aliphatic carbocycles. The third-order valence-corrected chi connectivity index (χ3v) is 1.73. The molecule has 1 aliphatic rings. The van der Waals surface area contributed by atoms with Gasteiger partial charge in [-0.1, -0.05) is 24.3 Å². The second-order valence-electron chi connectivity index (χ2n) is 1.78. The molecule has 0 aromatic carbocycles. The predicted octanol–water partition coefficient (Wildman–Crippen LogP) is 2.33. The smallest absolute Gasteiger partial charge is 0.0560 e. The van der Waals surface area contributed by atoms with E-state index in [1.807, 2.05) is 6.08 Å². The highest BCUT2D eigenvalue weighted by Crippen LogP contribution is 2.02. The van der Waals surface area contributed by atoms with Crippen LogP contribution in [-0.2, 0) is 0 Å². The topological polar surface area (TPSA) is 12.0 Å². The summed E-state index contributed by atoms with van der Waals surface area (Å²) in [6.07, 6.45) is 11.4. The standard InChI is InChI=1S/C7H8IN/c8-9-7-5-3-1-2-4-6-7/h1-3,5-6,9H,4H2. The fraction of sp³-hybridized carbons (Fsp3) is 0.143. The van der Waals surface area contributed by atoms with Crippen molar-refractivity contribution in [2.45, 2.75) is 6.42 Å². The maximum atomic E-state index is 3.05. The summed E-state index contributed by atoms with van der Waals surface area (Å²) in [6, 6.07) is 0. The van der Waals surface area contributed by atoms with Crippen molar-refractivity contribution < 1.29 is 0 Å². The van der Waals surface area contributed by atoms with Gasteiger partial charge in [-0.25, -0.2) is 0 Å². The molecule has 1 rings (SSSR count). The average molecular weight is 233 g/mol. The van der Waals surface area contributed by atoms with Crippen LogP contribution in [0.3, 0.4) is 0 Å². The fourth-order valence-corrected chi connectivity index (χ4v) is 1.05. The molecule has 0 saturated carbocycles. The Bertz CT molecular complexity index is 168. The lowest BCUT2D eigenvalue weighted by Crippen LogP contribution is -1.92. The summed E-state index contributed by atoms with van der Waals surface area (Å²) in [5.41, 5.74) is 1.18. The van der Waals surface area contributed by atoms with Crippen molar-refractivity contribution in [3.05, 3.63) is 36.1 Å². The number of halogens is 1. The molecule has 0 unspecified atom stereocenters. The fourth-order valence-electron chi connectivity index (χ4n) is 0.649. The van der Waals surface area contributed by atoms with Gasteiger partial charge in [-0.3, -0.25) is 0 Å². The van der Waals surface area contributed by atoms with Gasteiger partial charge in [0.1, 0.15) is 0 Å². The van der Waals surface area contributed by atoms with E-state index in [9.17, 15) is 0 Å². The molecule has 0 fully saturated rings. The van der Waals surface area contributed by atoms with E-state index in [1.165, 1.54) is 5.70 Å². The van der Waals surface area contributed by atoms with Crippen LogP contribution < -0.4 is 3.53 Å². The Morgan fingerprint density at radius 2 is 2.33 bits per heavy atom. The average Bonchev–Trinajstić information content (AvgIpc) is 2.13. The maximum absolute atomic E-state index is 3.05. The van der Waals surface area contributed by atoms with E-state index in [1.54, 1.807) is 0 Å². The van der Waals surface area contributed by atoms with Crippen LogP contribution in [0.1, 0.15) is 6.42 Å². The Balaban J connectivity index is 2.63. The lowest BCUT2D eigenvalue weighted by Gasteiger charge is -1.93. The molecule has 0 amide bonds. The Kier molecular flexibility index (Phi) is 2.83. The van der Waals surface area contributed by atoms with E-state index in [-0.39, 0.29) is 0 Å². The Morgan fingerprint density at radius 3 is 3.11 bits per heavy atom. The first-order valence-electron chi connectivity index (χ1n) is 2.83. The summed E-state index contributed by atoms with van der Waals surface area (Å²) in [4.78, 5) is 0. The summed E-state index contributed by atoms with van der Waals surface area (Å²) in [6.45, 7) is 0. The van der Waals surface area contributed by atoms with Gasteiger partial charge in [0, 0.05) is 5.70 Å². The van der Waals surface area contributed by atoms with Gasteiger partial charge >= 0.3 is 0 Å². The Labute approximate surface area is 69.0 Å². The van der Waals surface area contributed by atoms with E-state index < -0.39 is 0 Å². The molecule has 1 nitrogen and oxygen atoms in total. The molecule has 0 radical (unpaired) electrons. The van der Waals surface area contributed by atoms with Crippen molar-refractivity contribution in [2.24, 2.45) is 0 Å². The Morgan fingerprint density at radius 1 is 1.44 bits per heavy atom. The summed E-state index contributed by atoms with van der Waals surface area (Å²) in [5.74, 6) is 0. The van der Waals surface area contributed by atoms with E-state index in [0.717, 1.165) is 6.42 Å². The van der Waals surface area contributed by atoms with Crippen molar-refractivity contribution in [3.8, 4) is 0 Å². The highest BCUT2D eigenvalue weighted by atomic mass is 127. The molecular weight excluding hydrogens is 225 g/mol. The zero-order valence-electron chi connectivity index (χ0n) is 4.97. The summed E-state index contributed by atoms with van der Waals surface area (Å²) < 4.78 is 3.05. The molecule has 0 aromatic heterocycles. The van der Waals surface area contributed by atoms with E-state index in [4.69, 9.17) is 0 Å². The van der Waals surface area contributed by atoms with Crippen LogP contribution in [0.4, 0.5) is 0 Å². The van der Waals surface area contributed by atoms with Gasteiger partial charge in [-0.15, -0.1) is 0 Å². The number of nitrogens with one attached hydrogen (secondary N) is 1. The normalized spacial score (nSPS) is 16.8. The molecule has 0 aliphatic heterocycles. The summed E-state index contributed by atoms with van der Waals surface area (Å²) in [7, 11) is 0. The first kappa shape index (κ1) is 6.86. The van der Waals surface area contributed by atoms with Crippen LogP contribution in [0.2, 0.25) is 0 Å². The highest BCUT2D eigenvalue weighted by Gasteiger charge is 1.86. The van der Waals surface area contributed by atoms with Crippen LogP contribution in [0, 0.1) is 0 Å². The van der Waals surface area contributed by atoms with E-state index in [0.29, 0.717) is 0 Å². The molecule has 0 saturated heterocycles. The number of hydrogen-bond donors (Lipinski definition) is 1. The van der Waals surface area contributed by atoms with Crippen LogP contribution in [0.5, 0.6) is 0 Å². The molecule has 1 N–H and O–H groups in total. The maximum Gasteiger partial charge on any atom is 0.0560 e. The van der Waals surface area contributed by atoms with Crippen LogP contribution >= 0.6 is 22.9 Å². The first-order valence-corrected chi connectivity index (χ1v) is 3.91. The quantitative estimate of drug-likeness (QED) is 0.541. The summed E-state index contributed by atoms with van der Waals surface area (Å²) >= 11 is 2.13. The molecular formula is C7H8IN. The lowest BCUT2D eigenvalue weighted by molar-refractivity contribution is 1.27. The van der Waals surface area contributed by atoms with Crippen LogP contribution in [0.25, 0.3) is 0 Å². The lowest BCUT2D eigenvalue weighted by atomic mass is 10.3. The molecule has 0 atom stereocenters. The van der Waals surface area contributed by atoms with Gasteiger partial charge < -0.3 is 3.53 Å². The van der Waals surface area contributed by atoms with Crippen LogP contribution in [-0.4, -0.2) is 0 Å². The SMILES string of the molecule is INC1=CCC=CC=C1. The molecule has 0 spiro atoms. The van der Waals surface area contributed by atoms with Crippen molar-refractivity contribution in [3.63, 3.8) is 0 Å². The van der Waals surface area contributed by atoms with Gasteiger partial charge in [0.15, 0.2) is 0 Å². The summed E-state index contributed by atoms with van der Waals surface area (Å²) in [5, 5.41) is 0. The molecule has 0 aromatic rings. The third-order valence-electron chi connectivity index (χ3n) is 1.11. The van der Waals surface area contributed by atoms with E-state index >= 15 is 0 Å². The van der Waals surface area contributed by atoms with Gasteiger partial charge in [-0.2, -0.15) is 0 Å². The minimum absolute atomic E-state index is 1.03. The van der Waals surface area contributed by atoms with E-state index in [2.05, 4.69) is 50.7 Å². The second kappa shape index (κ2) is 3.71. The minimum Gasteiger partial charge on any atom is -0.329 e. The van der Waals surface area contributed by atoms with Crippen molar-refractivity contribution in [1.29, 1.82) is 0 Å². The van der Waals surface area contributed by atoms with Crippen molar-refractivity contribution in [1.82, 2.24) is 3.53 Å². The number of hydrogen-bond acceptors (Lipinski definition) is 1. The van der Waals surface area contributed by atoms with Gasteiger partial charge in [0.05, 0.1) is 22.9 Å². The van der Waals surface area contributed by atoms with Gasteiger partial charge in [0.25, 0.3) is 0 Å². The van der Waals surface area contributed by atoms with Crippen LogP contribution in [0.15, 0.2) is 36.1 Å². The molecule has 9 heavy (non-hydrogen) atoms. The largest absolute Gasteiger partial charge is 0.329 e. The predicted molar refractivity (Wildman–Crippen MR) is 48.1 cm³/mol.